The molecule has 0 radical (unpaired) electrons. The van der Waals surface area contributed by atoms with Crippen molar-refractivity contribution in [3.8, 4) is 0 Å². The highest BCUT2D eigenvalue weighted by Crippen LogP contribution is 2.25. The summed E-state index contributed by atoms with van der Waals surface area (Å²) in [6.45, 7) is 6.75. The molecule has 0 saturated carbocycles. The van der Waals surface area contributed by atoms with Crippen molar-refractivity contribution in [1.29, 1.82) is 0 Å². The zero-order valence-electron chi connectivity index (χ0n) is 12.5. The third-order valence-electron chi connectivity index (χ3n) is 4.58. The van der Waals surface area contributed by atoms with Crippen molar-refractivity contribution in [2.75, 3.05) is 13.1 Å². The first kappa shape index (κ1) is 15.4. The lowest BCUT2D eigenvalue weighted by Gasteiger charge is -2.45. The lowest BCUT2D eigenvalue weighted by Crippen LogP contribution is -2.61. The topological polar surface area (TPSA) is 41.3 Å². The molecule has 112 valence electrons. The highest BCUT2D eigenvalue weighted by molar-refractivity contribution is 5.18. The summed E-state index contributed by atoms with van der Waals surface area (Å²) >= 11 is 0. The third-order valence-corrected chi connectivity index (χ3v) is 4.58. The Hall–Kier alpha value is -0.970. The predicted octanol–water partition coefficient (Wildman–Crippen LogP) is 2.46. The molecule has 0 aliphatic carbocycles. The molecule has 0 amide bonds. The van der Waals surface area contributed by atoms with Crippen molar-refractivity contribution in [2.45, 2.75) is 51.1 Å². The van der Waals surface area contributed by atoms with Crippen LogP contribution >= 0.6 is 0 Å². The summed E-state index contributed by atoms with van der Waals surface area (Å²) in [6.07, 6.45) is 4.65. The number of hydrogen-bond donors (Lipinski definition) is 2. The third kappa shape index (κ3) is 3.57. The van der Waals surface area contributed by atoms with Crippen LogP contribution in [-0.4, -0.2) is 29.6 Å². The molecular formula is C16H26FN3. The zero-order valence-corrected chi connectivity index (χ0v) is 12.5. The van der Waals surface area contributed by atoms with E-state index in [-0.39, 0.29) is 17.4 Å². The van der Waals surface area contributed by atoms with E-state index in [1.807, 2.05) is 12.1 Å². The summed E-state index contributed by atoms with van der Waals surface area (Å²) in [5, 5.41) is 0. The van der Waals surface area contributed by atoms with Gasteiger partial charge in [-0.3, -0.25) is 16.2 Å². The maximum absolute atomic E-state index is 13.0. The number of nitrogens with zero attached hydrogens (tertiary/aromatic N) is 1. The van der Waals surface area contributed by atoms with E-state index in [4.69, 9.17) is 5.84 Å². The summed E-state index contributed by atoms with van der Waals surface area (Å²) in [5.74, 6) is 5.60. The van der Waals surface area contributed by atoms with E-state index in [2.05, 4.69) is 24.2 Å². The van der Waals surface area contributed by atoms with Gasteiger partial charge >= 0.3 is 0 Å². The van der Waals surface area contributed by atoms with E-state index < -0.39 is 0 Å². The Kier molecular flexibility index (Phi) is 5.13. The second-order valence-corrected chi connectivity index (χ2v) is 6.25. The molecule has 0 spiro atoms. The summed E-state index contributed by atoms with van der Waals surface area (Å²) < 4.78 is 13.0. The summed E-state index contributed by atoms with van der Waals surface area (Å²) in [5.41, 5.74) is 4.07. The Morgan fingerprint density at radius 1 is 1.20 bits per heavy atom. The number of halogens is 1. The molecule has 1 aromatic carbocycles. The van der Waals surface area contributed by atoms with Crippen molar-refractivity contribution in [2.24, 2.45) is 5.84 Å². The maximum atomic E-state index is 13.0. The Morgan fingerprint density at radius 3 is 2.35 bits per heavy atom. The number of piperidine rings is 1. The molecule has 1 aliphatic heterocycles. The summed E-state index contributed by atoms with van der Waals surface area (Å²) in [7, 11) is 0. The van der Waals surface area contributed by atoms with Crippen LogP contribution in [0.15, 0.2) is 24.3 Å². The van der Waals surface area contributed by atoms with Crippen molar-refractivity contribution in [3.63, 3.8) is 0 Å². The van der Waals surface area contributed by atoms with E-state index in [1.165, 1.54) is 31.4 Å². The number of likely N-dealkylation sites (tertiary alicyclic amines) is 1. The van der Waals surface area contributed by atoms with Crippen molar-refractivity contribution < 1.29 is 4.39 Å². The highest BCUT2D eigenvalue weighted by atomic mass is 19.1. The molecule has 1 saturated heterocycles. The van der Waals surface area contributed by atoms with Gasteiger partial charge in [-0.15, -0.1) is 0 Å². The zero-order chi connectivity index (χ0) is 14.6. The molecule has 1 fully saturated rings. The van der Waals surface area contributed by atoms with Crippen LogP contribution in [0.4, 0.5) is 4.39 Å². The monoisotopic (exact) mass is 279 g/mol. The summed E-state index contributed by atoms with van der Waals surface area (Å²) in [4.78, 5) is 2.52. The van der Waals surface area contributed by atoms with Gasteiger partial charge in [0.15, 0.2) is 0 Å². The molecule has 20 heavy (non-hydrogen) atoms. The van der Waals surface area contributed by atoms with Gasteiger partial charge in [0.2, 0.25) is 0 Å². The number of nitrogens with two attached hydrogens (primary N) is 1. The van der Waals surface area contributed by atoms with Crippen LogP contribution in [0, 0.1) is 5.82 Å². The maximum Gasteiger partial charge on any atom is 0.123 e. The standard InChI is InChI=1S/C16H26FN3/c1-16(2,20-10-4-3-5-11-20)15(19-18)12-13-6-8-14(17)9-7-13/h6-9,15,19H,3-5,10-12,18H2,1-2H3. The summed E-state index contributed by atoms with van der Waals surface area (Å²) in [6, 6.07) is 6.84. The van der Waals surface area contributed by atoms with Crippen molar-refractivity contribution in [3.05, 3.63) is 35.6 Å². The molecule has 3 nitrogen and oxygen atoms in total. The first-order valence-electron chi connectivity index (χ1n) is 7.49. The normalized spacial score (nSPS) is 19.0. The fourth-order valence-electron chi connectivity index (χ4n) is 3.06. The van der Waals surface area contributed by atoms with Crippen LogP contribution in [0.1, 0.15) is 38.7 Å². The second kappa shape index (κ2) is 6.66. The lowest BCUT2D eigenvalue weighted by molar-refractivity contribution is 0.0611. The van der Waals surface area contributed by atoms with Gasteiger partial charge in [0.05, 0.1) is 0 Å². The molecular weight excluding hydrogens is 253 g/mol. The molecule has 2 rings (SSSR count). The minimum Gasteiger partial charge on any atom is -0.297 e. The number of benzene rings is 1. The molecule has 1 unspecified atom stereocenters. The molecule has 0 bridgehead atoms. The number of nitrogens with one attached hydrogen (secondary N) is 1. The molecule has 3 N–H and O–H groups in total. The van der Waals surface area contributed by atoms with Crippen LogP contribution in [0.25, 0.3) is 0 Å². The van der Waals surface area contributed by atoms with Crippen LogP contribution in [0.3, 0.4) is 0 Å². The van der Waals surface area contributed by atoms with Gasteiger partial charge in [-0.1, -0.05) is 18.6 Å². The molecule has 0 aromatic heterocycles. The minimum absolute atomic E-state index is 0.0104. The minimum atomic E-state index is -0.193. The Bertz CT molecular complexity index is 410. The van der Waals surface area contributed by atoms with E-state index in [0.717, 1.165) is 25.1 Å². The highest BCUT2D eigenvalue weighted by Gasteiger charge is 2.35. The van der Waals surface area contributed by atoms with Gasteiger partial charge in [-0.25, -0.2) is 4.39 Å². The number of hydrogen-bond acceptors (Lipinski definition) is 3. The first-order chi connectivity index (χ1) is 9.54. The van der Waals surface area contributed by atoms with E-state index in [1.54, 1.807) is 0 Å². The molecule has 1 aliphatic rings. The smallest absolute Gasteiger partial charge is 0.123 e. The van der Waals surface area contributed by atoms with Crippen LogP contribution in [0.5, 0.6) is 0 Å². The fraction of sp³-hybridized carbons (Fsp3) is 0.625. The largest absolute Gasteiger partial charge is 0.297 e. The Morgan fingerprint density at radius 2 is 1.80 bits per heavy atom. The lowest BCUT2D eigenvalue weighted by atomic mass is 9.86. The molecule has 4 heteroatoms. The number of rotatable bonds is 5. The van der Waals surface area contributed by atoms with Crippen LogP contribution in [-0.2, 0) is 6.42 Å². The second-order valence-electron chi connectivity index (χ2n) is 6.25. The van der Waals surface area contributed by atoms with Gasteiger partial charge < -0.3 is 0 Å². The van der Waals surface area contributed by atoms with E-state index in [9.17, 15) is 4.39 Å². The van der Waals surface area contributed by atoms with Crippen LogP contribution in [0.2, 0.25) is 0 Å². The quantitative estimate of drug-likeness (QED) is 0.642. The van der Waals surface area contributed by atoms with Gasteiger partial charge in [-0.2, -0.15) is 0 Å². The first-order valence-corrected chi connectivity index (χ1v) is 7.49. The van der Waals surface area contributed by atoms with Gasteiger partial charge in [0.25, 0.3) is 0 Å². The molecule has 1 aromatic rings. The SMILES string of the molecule is CC(C)(C(Cc1ccc(F)cc1)NN)N1CCCCC1. The van der Waals surface area contributed by atoms with Gasteiger partial charge in [0, 0.05) is 11.6 Å². The molecule has 1 heterocycles. The Balaban J connectivity index is 2.07. The van der Waals surface area contributed by atoms with E-state index in [0.29, 0.717) is 0 Å². The number of hydrazine groups is 1. The average Bonchev–Trinajstić information content (AvgIpc) is 2.47. The average molecular weight is 279 g/mol. The predicted molar refractivity (Wildman–Crippen MR) is 80.7 cm³/mol. The van der Waals surface area contributed by atoms with Crippen molar-refractivity contribution >= 4 is 0 Å². The fourth-order valence-corrected chi connectivity index (χ4v) is 3.06. The van der Waals surface area contributed by atoms with Crippen molar-refractivity contribution in [1.82, 2.24) is 10.3 Å². The van der Waals surface area contributed by atoms with E-state index >= 15 is 0 Å². The molecule has 1 atom stereocenters. The van der Waals surface area contributed by atoms with Gasteiger partial charge in [0.1, 0.15) is 5.82 Å². The Labute approximate surface area is 121 Å². The van der Waals surface area contributed by atoms with Crippen LogP contribution < -0.4 is 11.3 Å². The van der Waals surface area contributed by atoms with Gasteiger partial charge in [-0.05, 0) is 63.9 Å².